The Kier molecular flexibility index (Phi) is 4.74. The van der Waals surface area contributed by atoms with E-state index in [-0.39, 0.29) is 11.9 Å². The highest BCUT2D eigenvalue weighted by molar-refractivity contribution is 14.1. The summed E-state index contributed by atoms with van der Waals surface area (Å²) in [5, 5.41) is 11.7. The predicted molar refractivity (Wildman–Crippen MR) is 86.2 cm³/mol. The van der Waals surface area contributed by atoms with E-state index in [2.05, 4.69) is 34.0 Å². The summed E-state index contributed by atoms with van der Waals surface area (Å²) in [6.45, 7) is 1.92. The Morgan fingerprint density at radius 2 is 1.95 bits per heavy atom. The fourth-order valence-corrected chi connectivity index (χ4v) is 2.38. The average molecular weight is 376 g/mol. The van der Waals surface area contributed by atoms with Crippen LogP contribution in [0.1, 0.15) is 34.5 Å². The van der Waals surface area contributed by atoms with Crippen LogP contribution < -0.4 is 5.32 Å². The zero-order valence-electron chi connectivity index (χ0n) is 10.9. The molecule has 2 rings (SSSR count). The Bertz CT molecular complexity index is 659. The van der Waals surface area contributed by atoms with Crippen molar-refractivity contribution in [2.24, 2.45) is 0 Å². The van der Waals surface area contributed by atoms with Crippen molar-refractivity contribution < 1.29 is 4.79 Å². The molecule has 0 heterocycles. The van der Waals surface area contributed by atoms with Crippen LogP contribution >= 0.6 is 22.6 Å². The van der Waals surface area contributed by atoms with Crippen LogP contribution in [0.15, 0.2) is 48.5 Å². The molecule has 2 aromatic carbocycles. The average Bonchev–Trinajstić information content (AvgIpc) is 2.47. The first-order valence-electron chi connectivity index (χ1n) is 6.16. The largest absolute Gasteiger partial charge is 0.346 e. The third kappa shape index (κ3) is 3.58. The second kappa shape index (κ2) is 6.53. The van der Waals surface area contributed by atoms with Crippen molar-refractivity contribution in [3.8, 4) is 6.07 Å². The third-order valence-corrected chi connectivity index (χ3v) is 3.65. The van der Waals surface area contributed by atoms with Gasteiger partial charge in [0.1, 0.15) is 0 Å². The summed E-state index contributed by atoms with van der Waals surface area (Å²) < 4.78 is 1.03. The minimum absolute atomic E-state index is 0.0969. The highest BCUT2D eigenvalue weighted by Gasteiger charge is 2.11. The highest BCUT2D eigenvalue weighted by Crippen LogP contribution is 2.15. The molecule has 1 atom stereocenters. The second-order valence-corrected chi connectivity index (χ2v) is 5.68. The van der Waals surface area contributed by atoms with Crippen molar-refractivity contribution in [3.05, 3.63) is 68.8 Å². The van der Waals surface area contributed by atoms with Crippen LogP contribution in [0.3, 0.4) is 0 Å². The highest BCUT2D eigenvalue weighted by atomic mass is 127. The van der Waals surface area contributed by atoms with Crippen LogP contribution in [-0.2, 0) is 0 Å². The number of nitriles is 1. The summed E-state index contributed by atoms with van der Waals surface area (Å²) in [6, 6.07) is 16.7. The van der Waals surface area contributed by atoms with Gasteiger partial charge in [-0.15, -0.1) is 0 Å². The molecular weight excluding hydrogens is 363 g/mol. The smallest absolute Gasteiger partial charge is 0.251 e. The maximum atomic E-state index is 12.1. The molecule has 1 amide bonds. The topological polar surface area (TPSA) is 52.9 Å². The van der Waals surface area contributed by atoms with Gasteiger partial charge in [-0.05, 0) is 65.4 Å². The van der Waals surface area contributed by atoms with E-state index in [0.29, 0.717) is 11.1 Å². The number of nitrogens with zero attached hydrogens (tertiary/aromatic N) is 1. The van der Waals surface area contributed by atoms with Gasteiger partial charge in [-0.25, -0.2) is 0 Å². The summed E-state index contributed by atoms with van der Waals surface area (Å²) >= 11 is 2.18. The minimum Gasteiger partial charge on any atom is -0.346 e. The van der Waals surface area contributed by atoms with E-state index in [1.165, 1.54) is 0 Å². The Hall–Kier alpha value is -1.87. The van der Waals surface area contributed by atoms with E-state index in [1.807, 2.05) is 37.3 Å². The zero-order chi connectivity index (χ0) is 14.5. The number of hydrogen-bond acceptors (Lipinski definition) is 2. The van der Waals surface area contributed by atoms with Gasteiger partial charge in [0.2, 0.25) is 0 Å². The molecule has 0 radical (unpaired) electrons. The quantitative estimate of drug-likeness (QED) is 0.832. The number of benzene rings is 2. The molecule has 0 saturated carbocycles. The summed E-state index contributed by atoms with van der Waals surface area (Å²) in [4.78, 5) is 12.1. The number of carbonyl (C=O) groups is 1. The number of nitrogens with one attached hydrogen (secondary N) is 1. The van der Waals surface area contributed by atoms with Gasteiger partial charge in [0, 0.05) is 9.13 Å². The Morgan fingerprint density at radius 3 is 2.55 bits per heavy atom. The normalized spacial score (nSPS) is 11.4. The third-order valence-electron chi connectivity index (χ3n) is 2.97. The molecule has 0 spiro atoms. The molecule has 0 aliphatic rings. The first-order valence-corrected chi connectivity index (χ1v) is 7.24. The molecule has 0 aliphatic carbocycles. The number of rotatable bonds is 3. The number of hydrogen-bond donors (Lipinski definition) is 1. The van der Waals surface area contributed by atoms with E-state index in [1.54, 1.807) is 18.2 Å². The van der Waals surface area contributed by atoms with Crippen LogP contribution in [0.25, 0.3) is 0 Å². The fourth-order valence-electron chi connectivity index (χ4n) is 1.84. The van der Waals surface area contributed by atoms with Crippen LogP contribution in [0, 0.1) is 14.9 Å². The van der Waals surface area contributed by atoms with Crippen molar-refractivity contribution >= 4 is 28.5 Å². The summed E-state index contributed by atoms with van der Waals surface area (Å²) in [7, 11) is 0. The van der Waals surface area contributed by atoms with Gasteiger partial charge in [0.05, 0.1) is 17.7 Å². The first kappa shape index (κ1) is 14.5. The molecule has 1 N–H and O–H groups in total. The van der Waals surface area contributed by atoms with Crippen molar-refractivity contribution in [2.75, 3.05) is 0 Å². The van der Waals surface area contributed by atoms with Crippen LogP contribution in [-0.4, -0.2) is 5.91 Å². The molecule has 0 fully saturated rings. The SMILES string of the molecule is CC(NC(=O)c1cccc(I)c1)c1ccc(C#N)cc1. The molecule has 4 heteroatoms. The van der Waals surface area contributed by atoms with Crippen molar-refractivity contribution in [1.29, 1.82) is 5.26 Å². The van der Waals surface area contributed by atoms with Gasteiger partial charge in [0.25, 0.3) is 5.91 Å². The fraction of sp³-hybridized carbons (Fsp3) is 0.125. The number of amides is 1. The molecule has 1 unspecified atom stereocenters. The summed E-state index contributed by atoms with van der Waals surface area (Å²) in [5.41, 5.74) is 2.24. The molecule has 100 valence electrons. The van der Waals surface area contributed by atoms with Crippen molar-refractivity contribution in [3.63, 3.8) is 0 Å². The first-order chi connectivity index (χ1) is 9.60. The molecule has 0 aliphatic heterocycles. The number of carbonyl (C=O) groups excluding carboxylic acids is 1. The van der Waals surface area contributed by atoms with Crippen molar-refractivity contribution in [1.82, 2.24) is 5.32 Å². The van der Waals surface area contributed by atoms with Gasteiger partial charge >= 0.3 is 0 Å². The van der Waals surface area contributed by atoms with Gasteiger partial charge in [-0.2, -0.15) is 5.26 Å². The van der Waals surface area contributed by atoms with E-state index in [4.69, 9.17) is 5.26 Å². The molecule has 3 nitrogen and oxygen atoms in total. The van der Waals surface area contributed by atoms with Gasteiger partial charge in [-0.3, -0.25) is 4.79 Å². The van der Waals surface area contributed by atoms with Crippen LogP contribution in [0.2, 0.25) is 0 Å². The zero-order valence-corrected chi connectivity index (χ0v) is 13.1. The van der Waals surface area contributed by atoms with E-state index in [0.717, 1.165) is 9.13 Å². The van der Waals surface area contributed by atoms with E-state index >= 15 is 0 Å². The lowest BCUT2D eigenvalue weighted by molar-refractivity contribution is 0.0940. The van der Waals surface area contributed by atoms with Gasteiger partial charge in [0.15, 0.2) is 0 Å². The predicted octanol–water partition coefficient (Wildman–Crippen LogP) is 3.65. The molecule has 2 aromatic rings. The molecule has 20 heavy (non-hydrogen) atoms. The lowest BCUT2D eigenvalue weighted by Gasteiger charge is -2.14. The maximum absolute atomic E-state index is 12.1. The summed E-state index contributed by atoms with van der Waals surface area (Å²) in [6.07, 6.45) is 0. The Labute approximate surface area is 131 Å². The molecular formula is C16H13IN2O. The lowest BCUT2D eigenvalue weighted by atomic mass is 10.1. The Balaban J connectivity index is 2.09. The van der Waals surface area contributed by atoms with Gasteiger partial charge < -0.3 is 5.32 Å². The van der Waals surface area contributed by atoms with Crippen LogP contribution in [0.4, 0.5) is 0 Å². The van der Waals surface area contributed by atoms with Crippen LogP contribution in [0.5, 0.6) is 0 Å². The molecule has 0 saturated heterocycles. The second-order valence-electron chi connectivity index (χ2n) is 4.44. The van der Waals surface area contributed by atoms with E-state index in [9.17, 15) is 4.79 Å². The van der Waals surface area contributed by atoms with Crippen molar-refractivity contribution in [2.45, 2.75) is 13.0 Å². The lowest BCUT2D eigenvalue weighted by Crippen LogP contribution is -2.26. The minimum atomic E-state index is -0.104. The number of halogens is 1. The standard InChI is InChI=1S/C16H13IN2O/c1-11(13-7-5-12(10-18)6-8-13)19-16(20)14-3-2-4-15(17)9-14/h2-9,11H,1H3,(H,19,20). The summed E-state index contributed by atoms with van der Waals surface area (Å²) in [5.74, 6) is -0.0969. The Morgan fingerprint density at radius 1 is 1.25 bits per heavy atom. The molecule has 0 bridgehead atoms. The van der Waals surface area contributed by atoms with Gasteiger partial charge in [-0.1, -0.05) is 18.2 Å². The van der Waals surface area contributed by atoms with E-state index < -0.39 is 0 Å². The monoisotopic (exact) mass is 376 g/mol. The molecule has 0 aromatic heterocycles. The maximum Gasteiger partial charge on any atom is 0.251 e.